The molecule has 0 atom stereocenters. The van der Waals surface area contributed by atoms with Crippen molar-refractivity contribution in [2.75, 3.05) is 13.1 Å². The summed E-state index contributed by atoms with van der Waals surface area (Å²) >= 11 is 1.97. The Kier molecular flexibility index (Phi) is 3.81. The van der Waals surface area contributed by atoms with Gasteiger partial charge in [0.1, 0.15) is 0 Å². The van der Waals surface area contributed by atoms with Crippen LogP contribution in [-0.4, -0.2) is 13.1 Å². The van der Waals surface area contributed by atoms with E-state index in [2.05, 4.69) is 30.6 Å². The SMILES string of the molecule is CC(C)Cc1ccsc1C1CCNCC1. The molecule has 1 aromatic rings. The van der Waals surface area contributed by atoms with Crippen molar-refractivity contribution in [3.05, 3.63) is 21.9 Å². The molecule has 84 valence electrons. The molecular formula is C13H21NS. The highest BCUT2D eigenvalue weighted by molar-refractivity contribution is 7.10. The Hall–Kier alpha value is -0.340. The van der Waals surface area contributed by atoms with Crippen LogP contribution < -0.4 is 5.32 Å². The molecule has 1 N–H and O–H groups in total. The van der Waals surface area contributed by atoms with Crippen molar-refractivity contribution in [1.29, 1.82) is 0 Å². The number of hydrogen-bond donors (Lipinski definition) is 1. The van der Waals surface area contributed by atoms with Crippen molar-refractivity contribution in [1.82, 2.24) is 5.32 Å². The van der Waals surface area contributed by atoms with Gasteiger partial charge in [0.2, 0.25) is 0 Å². The fourth-order valence-corrected chi connectivity index (χ4v) is 3.51. The van der Waals surface area contributed by atoms with Crippen molar-refractivity contribution in [3.63, 3.8) is 0 Å². The second kappa shape index (κ2) is 5.13. The van der Waals surface area contributed by atoms with Gasteiger partial charge in [-0.05, 0) is 61.2 Å². The van der Waals surface area contributed by atoms with E-state index < -0.39 is 0 Å². The monoisotopic (exact) mass is 223 g/mol. The van der Waals surface area contributed by atoms with Crippen molar-refractivity contribution in [3.8, 4) is 0 Å². The minimum Gasteiger partial charge on any atom is -0.317 e. The normalized spacial score (nSPS) is 18.6. The maximum absolute atomic E-state index is 3.44. The van der Waals surface area contributed by atoms with Crippen molar-refractivity contribution in [2.45, 2.75) is 39.0 Å². The molecule has 2 heterocycles. The molecule has 15 heavy (non-hydrogen) atoms. The average Bonchev–Trinajstić information content (AvgIpc) is 2.66. The van der Waals surface area contributed by atoms with Crippen LogP contribution in [-0.2, 0) is 6.42 Å². The largest absolute Gasteiger partial charge is 0.317 e. The highest BCUT2D eigenvalue weighted by Gasteiger charge is 2.19. The zero-order valence-corrected chi connectivity index (χ0v) is 10.6. The van der Waals surface area contributed by atoms with E-state index >= 15 is 0 Å². The average molecular weight is 223 g/mol. The molecule has 1 saturated heterocycles. The summed E-state index contributed by atoms with van der Waals surface area (Å²) in [7, 11) is 0. The third kappa shape index (κ3) is 2.82. The van der Waals surface area contributed by atoms with Gasteiger partial charge in [-0.1, -0.05) is 13.8 Å². The van der Waals surface area contributed by atoms with Gasteiger partial charge in [0.05, 0.1) is 0 Å². The molecule has 0 aromatic carbocycles. The lowest BCUT2D eigenvalue weighted by atomic mass is 9.91. The quantitative estimate of drug-likeness (QED) is 0.828. The first-order chi connectivity index (χ1) is 7.27. The van der Waals surface area contributed by atoms with Crippen LogP contribution in [0.4, 0.5) is 0 Å². The van der Waals surface area contributed by atoms with Crippen LogP contribution >= 0.6 is 11.3 Å². The maximum atomic E-state index is 3.44. The van der Waals surface area contributed by atoms with E-state index in [-0.39, 0.29) is 0 Å². The first kappa shape index (κ1) is 11.2. The molecule has 0 bridgehead atoms. The molecule has 0 amide bonds. The Morgan fingerprint density at radius 2 is 2.13 bits per heavy atom. The standard InChI is InChI=1S/C13H21NS/c1-10(2)9-12-5-8-15-13(12)11-3-6-14-7-4-11/h5,8,10-11,14H,3-4,6-7,9H2,1-2H3. The molecule has 1 nitrogen and oxygen atoms in total. The van der Waals surface area contributed by atoms with Gasteiger partial charge >= 0.3 is 0 Å². The predicted molar refractivity (Wildman–Crippen MR) is 67.7 cm³/mol. The van der Waals surface area contributed by atoms with Crippen LogP contribution in [0.15, 0.2) is 11.4 Å². The molecule has 0 saturated carbocycles. The summed E-state index contributed by atoms with van der Waals surface area (Å²) in [6.07, 6.45) is 3.90. The van der Waals surface area contributed by atoms with Gasteiger partial charge in [0.25, 0.3) is 0 Å². The molecule has 2 rings (SSSR count). The second-order valence-corrected chi connectivity index (χ2v) is 5.88. The smallest absolute Gasteiger partial charge is 0.0109 e. The molecule has 0 radical (unpaired) electrons. The number of thiophene rings is 1. The Morgan fingerprint density at radius 3 is 2.80 bits per heavy atom. The van der Waals surface area contributed by atoms with Crippen LogP contribution in [0.25, 0.3) is 0 Å². The topological polar surface area (TPSA) is 12.0 Å². The van der Waals surface area contributed by atoms with E-state index in [1.54, 1.807) is 10.4 Å². The number of hydrogen-bond acceptors (Lipinski definition) is 2. The fraction of sp³-hybridized carbons (Fsp3) is 0.692. The zero-order valence-electron chi connectivity index (χ0n) is 9.75. The molecule has 1 aliphatic heterocycles. The van der Waals surface area contributed by atoms with Crippen LogP contribution in [0, 0.1) is 5.92 Å². The molecule has 1 aliphatic rings. The van der Waals surface area contributed by atoms with Gasteiger partial charge in [-0.2, -0.15) is 0 Å². The lowest BCUT2D eigenvalue weighted by Gasteiger charge is -2.23. The first-order valence-electron chi connectivity index (χ1n) is 6.04. The van der Waals surface area contributed by atoms with Gasteiger partial charge in [-0.3, -0.25) is 0 Å². The van der Waals surface area contributed by atoms with Crippen molar-refractivity contribution < 1.29 is 0 Å². The number of rotatable bonds is 3. The highest BCUT2D eigenvalue weighted by Crippen LogP contribution is 2.33. The van der Waals surface area contributed by atoms with Gasteiger partial charge in [0.15, 0.2) is 0 Å². The van der Waals surface area contributed by atoms with E-state index in [0.717, 1.165) is 11.8 Å². The number of nitrogens with one attached hydrogen (secondary N) is 1. The third-order valence-electron chi connectivity index (χ3n) is 3.12. The minimum absolute atomic E-state index is 0.778. The summed E-state index contributed by atoms with van der Waals surface area (Å²) in [6, 6.07) is 2.34. The van der Waals surface area contributed by atoms with E-state index in [0.29, 0.717) is 0 Å². The third-order valence-corrected chi connectivity index (χ3v) is 4.24. The Labute approximate surface area is 96.9 Å². The highest BCUT2D eigenvalue weighted by atomic mass is 32.1. The van der Waals surface area contributed by atoms with Crippen LogP contribution in [0.3, 0.4) is 0 Å². The van der Waals surface area contributed by atoms with E-state index in [4.69, 9.17) is 0 Å². The van der Waals surface area contributed by atoms with Crippen LogP contribution in [0.1, 0.15) is 43.0 Å². The van der Waals surface area contributed by atoms with Crippen molar-refractivity contribution >= 4 is 11.3 Å². The molecule has 1 aromatic heterocycles. The second-order valence-electron chi connectivity index (χ2n) is 4.93. The molecule has 2 heteroatoms. The number of piperidine rings is 1. The van der Waals surface area contributed by atoms with Gasteiger partial charge in [0, 0.05) is 4.88 Å². The van der Waals surface area contributed by atoms with Gasteiger partial charge in [-0.15, -0.1) is 11.3 Å². The summed E-state index contributed by atoms with van der Waals surface area (Å²) in [5.74, 6) is 1.61. The lowest BCUT2D eigenvalue weighted by Crippen LogP contribution is -2.26. The maximum Gasteiger partial charge on any atom is 0.0109 e. The van der Waals surface area contributed by atoms with E-state index in [1.807, 2.05) is 11.3 Å². The Balaban J connectivity index is 2.09. The molecular weight excluding hydrogens is 202 g/mol. The molecule has 0 spiro atoms. The molecule has 0 unspecified atom stereocenters. The predicted octanol–water partition coefficient (Wildman–Crippen LogP) is 3.41. The van der Waals surface area contributed by atoms with Crippen LogP contribution in [0.5, 0.6) is 0 Å². The van der Waals surface area contributed by atoms with Crippen molar-refractivity contribution in [2.24, 2.45) is 5.92 Å². The molecule has 0 aliphatic carbocycles. The fourth-order valence-electron chi connectivity index (χ4n) is 2.40. The Bertz CT molecular complexity index is 297. The summed E-state index contributed by atoms with van der Waals surface area (Å²) < 4.78 is 0. The minimum atomic E-state index is 0.778. The summed E-state index contributed by atoms with van der Waals surface area (Å²) in [4.78, 5) is 1.67. The van der Waals surface area contributed by atoms with Crippen LogP contribution in [0.2, 0.25) is 0 Å². The van der Waals surface area contributed by atoms with E-state index in [1.165, 1.54) is 32.4 Å². The zero-order chi connectivity index (χ0) is 10.7. The summed E-state index contributed by atoms with van der Waals surface area (Å²) in [5, 5.41) is 5.71. The lowest BCUT2D eigenvalue weighted by molar-refractivity contribution is 0.462. The first-order valence-corrected chi connectivity index (χ1v) is 6.92. The summed E-state index contributed by atoms with van der Waals surface area (Å²) in [6.45, 7) is 7.01. The van der Waals surface area contributed by atoms with Gasteiger partial charge < -0.3 is 5.32 Å². The Morgan fingerprint density at radius 1 is 1.40 bits per heavy atom. The molecule has 1 fully saturated rings. The van der Waals surface area contributed by atoms with Gasteiger partial charge in [-0.25, -0.2) is 0 Å². The summed E-state index contributed by atoms with van der Waals surface area (Å²) in [5.41, 5.74) is 1.61. The van der Waals surface area contributed by atoms with E-state index in [9.17, 15) is 0 Å².